The molecule has 7 nitrogen and oxygen atoms in total. The van der Waals surface area contributed by atoms with Gasteiger partial charge in [-0.15, -0.1) is 0 Å². The molecule has 0 unspecified atom stereocenters. The van der Waals surface area contributed by atoms with Crippen LogP contribution in [0.2, 0.25) is 0 Å². The van der Waals surface area contributed by atoms with Crippen LogP contribution < -0.4 is 10.5 Å². The van der Waals surface area contributed by atoms with Crippen LogP contribution >= 0.6 is 0 Å². The monoisotopic (exact) mass is 279 g/mol. The van der Waals surface area contributed by atoms with Crippen molar-refractivity contribution in [3.8, 4) is 0 Å². The highest BCUT2D eigenvalue weighted by atomic mass is 32.2. The van der Waals surface area contributed by atoms with Crippen LogP contribution in [0.1, 0.15) is 11.3 Å². The molecule has 0 aliphatic rings. The summed E-state index contributed by atoms with van der Waals surface area (Å²) in [4.78, 5) is 11.4. The Morgan fingerprint density at radius 1 is 1.26 bits per heavy atom. The summed E-state index contributed by atoms with van der Waals surface area (Å²) in [5, 5.41) is 0. The van der Waals surface area contributed by atoms with Gasteiger partial charge in [0.2, 0.25) is 16.0 Å². The SMILES string of the molecule is Cc1cccnc1CNS(=O)(=O)c1cnc(N)nc1. The predicted molar refractivity (Wildman–Crippen MR) is 69.4 cm³/mol. The Morgan fingerprint density at radius 2 is 1.95 bits per heavy atom. The first kappa shape index (κ1) is 13.4. The third-order valence-electron chi connectivity index (χ3n) is 2.51. The number of anilines is 1. The highest BCUT2D eigenvalue weighted by molar-refractivity contribution is 7.89. The number of aromatic nitrogens is 3. The van der Waals surface area contributed by atoms with Crippen LogP contribution in [0.3, 0.4) is 0 Å². The van der Waals surface area contributed by atoms with Crippen molar-refractivity contribution in [1.29, 1.82) is 0 Å². The number of nitrogens with two attached hydrogens (primary N) is 1. The van der Waals surface area contributed by atoms with Gasteiger partial charge in [-0.25, -0.2) is 23.1 Å². The molecule has 2 aromatic rings. The van der Waals surface area contributed by atoms with Crippen LogP contribution in [0.4, 0.5) is 5.95 Å². The minimum Gasteiger partial charge on any atom is -0.368 e. The van der Waals surface area contributed by atoms with Gasteiger partial charge in [0.15, 0.2) is 0 Å². The Morgan fingerprint density at radius 3 is 2.58 bits per heavy atom. The molecule has 3 N–H and O–H groups in total. The molecule has 0 bridgehead atoms. The molecule has 8 heteroatoms. The molecular weight excluding hydrogens is 266 g/mol. The number of hydrogen-bond donors (Lipinski definition) is 2. The van der Waals surface area contributed by atoms with E-state index in [1.54, 1.807) is 12.3 Å². The maximum absolute atomic E-state index is 12.0. The van der Waals surface area contributed by atoms with Gasteiger partial charge in [-0.05, 0) is 18.6 Å². The fourth-order valence-corrected chi connectivity index (χ4v) is 2.29. The van der Waals surface area contributed by atoms with Gasteiger partial charge in [0.1, 0.15) is 4.90 Å². The first-order valence-electron chi connectivity index (χ1n) is 5.47. The summed E-state index contributed by atoms with van der Waals surface area (Å²) in [5.41, 5.74) is 6.89. The fraction of sp³-hybridized carbons (Fsp3) is 0.182. The van der Waals surface area contributed by atoms with E-state index in [0.717, 1.165) is 18.0 Å². The molecule has 2 aromatic heterocycles. The Labute approximate surface area is 111 Å². The van der Waals surface area contributed by atoms with Crippen LogP contribution in [-0.2, 0) is 16.6 Å². The molecule has 100 valence electrons. The molecule has 0 aliphatic heterocycles. The van der Waals surface area contributed by atoms with Gasteiger partial charge < -0.3 is 5.73 Å². The van der Waals surface area contributed by atoms with Gasteiger partial charge in [-0.3, -0.25) is 4.98 Å². The minimum absolute atomic E-state index is 0.0273. The summed E-state index contributed by atoms with van der Waals surface area (Å²) in [6.07, 6.45) is 3.94. The molecule has 19 heavy (non-hydrogen) atoms. The van der Waals surface area contributed by atoms with E-state index in [0.29, 0.717) is 5.69 Å². The Hall–Kier alpha value is -2.06. The van der Waals surface area contributed by atoms with Gasteiger partial charge in [-0.2, -0.15) is 0 Å². The molecule has 0 aromatic carbocycles. The smallest absolute Gasteiger partial charge is 0.243 e. The average Bonchev–Trinajstić information content (AvgIpc) is 2.38. The second-order valence-corrected chi connectivity index (χ2v) is 5.64. The quantitative estimate of drug-likeness (QED) is 0.829. The Balaban J connectivity index is 2.14. The first-order valence-corrected chi connectivity index (χ1v) is 6.95. The average molecular weight is 279 g/mol. The lowest BCUT2D eigenvalue weighted by molar-refractivity contribution is 0.579. The fourth-order valence-electron chi connectivity index (χ4n) is 1.42. The first-order chi connectivity index (χ1) is 8.99. The van der Waals surface area contributed by atoms with Gasteiger partial charge in [-0.1, -0.05) is 6.07 Å². The second kappa shape index (κ2) is 5.29. The van der Waals surface area contributed by atoms with Crippen LogP contribution in [0.5, 0.6) is 0 Å². The lowest BCUT2D eigenvalue weighted by Crippen LogP contribution is -2.24. The Bertz CT molecular complexity index is 670. The standard InChI is InChI=1S/C11H13N5O2S/c1-8-3-2-4-13-10(8)7-16-19(17,18)9-5-14-11(12)15-6-9/h2-6,16H,7H2,1H3,(H2,12,14,15). The highest BCUT2D eigenvalue weighted by Gasteiger charge is 2.15. The number of aryl methyl sites for hydroxylation is 1. The molecule has 0 saturated carbocycles. The number of rotatable bonds is 4. The Kier molecular flexibility index (Phi) is 3.72. The molecule has 0 spiro atoms. The topological polar surface area (TPSA) is 111 Å². The maximum atomic E-state index is 12.0. The zero-order chi connectivity index (χ0) is 13.9. The summed E-state index contributed by atoms with van der Waals surface area (Å²) in [6.45, 7) is 1.97. The van der Waals surface area contributed by atoms with E-state index in [-0.39, 0.29) is 17.4 Å². The number of nitrogen functional groups attached to an aromatic ring is 1. The van der Waals surface area contributed by atoms with Crippen LogP contribution in [0.15, 0.2) is 35.6 Å². The van der Waals surface area contributed by atoms with Crippen LogP contribution in [0, 0.1) is 6.92 Å². The minimum atomic E-state index is -3.66. The van der Waals surface area contributed by atoms with E-state index >= 15 is 0 Å². The molecule has 0 atom stereocenters. The lowest BCUT2D eigenvalue weighted by atomic mass is 10.2. The molecule has 0 radical (unpaired) electrons. The van der Waals surface area contributed by atoms with Crippen molar-refractivity contribution in [3.63, 3.8) is 0 Å². The molecule has 0 saturated heterocycles. The van der Waals surface area contributed by atoms with Crippen molar-refractivity contribution in [1.82, 2.24) is 19.7 Å². The van der Waals surface area contributed by atoms with Crippen LogP contribution in [-0.4, -0.2) is 23.4 Å². The van der Waals surface area contributed by atoms with E-state index in [1.165, 1.54) is 0 Å². The number of pyridine rings is 1. The number of hydrogen-bond acceptors (Lipinski definition) is 6. The van der Waals surface area contributed by atoms with Crippen molar-refractivity contribution < 1.29 is 8.42 Å². The largest absolute Gasteiger partial charge is 0.368 e. The molecule has 2 rings (SSSR count). The zero-order valence-electron chi connectivity index (χ0n) is 10.2. The highest BCUT2D eigenvalue weighted by Crippen LogP contribution is 2.08. The van der Waals surface area contributed by atoms with E-state index in [4.69, 9.17) is 5.73 Å². The molecular formula is C11H13N5O2S. The third-order valence-corrected chi connectivity index (χ3v) is 3.86. The molecule has 0 fully saturated rings. The van der Waals surface area contributed by atoms with E-state index in [9.17, 15) is 8.42 Å². The van der Waals surface area contributed by atoms with Gasteiger partial charge in [0, 0.05) is 6.20 Å². The van der Waals surface area contributed by atoms with Gasteiger partial charge in [0.05, 0.1) is 24.6 Å². The summed E-state index contributed by atoms with van der Waals surface area (Å²) in [6, 6.07) is 3.66. The predicted octanol–water partition coefficient (Wildman–Crippen LogP) is 0.241. The summed E-state index contributed by atoms with van der Waals surface area (Å²) in [7, 11) is -3.66. The maximum Gasteiger partial charge on any atom is 0.243 e. The van der Waals surface area contributed by atoms with E-state index < -0.39 is 10.0 Å². The summed E-state index contributed by atoms with van der Waals surface area (Å²) >= 11 is 0. The number of nitrogens with zero attached hydrogens (tertiary/aromatic N) is 3. The third kappa shape index (κ3) is 3.24. The molecule has 2 heterocycles. The molecule has 0 amide bonds. The summed E-state index contributed by atoms with van der Waals surface area (Å²) in [5.74, 6) is 0.0273. The zero-order valence-corrected chi connectivity index (χ0v) is 11.1. The summed E-state index contributed by atoms with van der Waals surface area (Å²) < 4.78 is 26.4. The van der Waals surface area contributed by atoms with Crippen molar-refractivity contribution in [2.75, 3.05) is 5.73 Å². The van der Waals surface area contributed by atoms with Crippen LogP contribution in [0.25, 0.3) is 0 Å². The van der Waals surface area contributed by atoms with Crippen molar-refractivity contribution in [2.24, 2.45) is 0 Å². The number of sulfonamides is 1. The van der Waals surface area contributed by atoms with Gasteiger partial charge >= 0.3 is 0 Å². The number of nitrogens with one attached hydrogen (secondary N) is 1. The van der Waals surface area contributed by atoms with Crippen molar-refractivity contribution in [2.45, 2.75) is 18.4 Å². The normalized spacial score (nSPS) is 11.4. The van der Waals surface area contributed by atoms with Crippen molar-refractivity contribution in [3.05, 3.63) is 42.0 Å². The van der Waals surface area contributed by atoms with E-state index in [1.807, 2.05) is 13.0 Å². The van der Waals surface area contributed by atoms with Gasteiger partial charge in [0.25, 0.3) is 0 Å². The van der Waals surface area contributed by atoms with Crippen molar-refractivity contribution >= 4 is 16.0 Å². The van der Waals surface area contributed by atoms with E-state index in [2.05, 4.69) is 19.7 Å². The molecule has 0 aliphatic carbocycles. The lowest BCUT2D eigenvalue weighted by Gasteiger charge is -2.07. The second-order valence-electron chi connectivity index (χ2n) is 3.87.